The molecule has 40 heavy (non-hydrogen) atoms. The van der Waals surface area contributed by atoms with Gasteiger partial charge in [0.05, 0.1) is 13.0 Å². The molecule has 0 spiro atoms. The van der Waals surface area contributed by atoms with Gasteiger partial charge in [0.15, 0.2) is 5.11 Å². The molecule has 2 aromatic carbocycles. The number of hydrogen-bond donors (Lipinski definition) is 2. The van der Waals surface area contributed by atoms with Crippen molar-refractivity contribution in [3.8, 4) is 5.75 Å². The van der Waals surface area contributed by atoms with E-state index >= 15 is 0 Å². The van der Waals surface area contributed by atoms with Gasteiger partial charge >= 0.3 is 0 Å². The summed E-state index contributed by atoms with van der Waals surface area (Å²) in [4.78, 5) is 44.0. The van der Waals surface area contributed by atoms with Gasteiger partial charge in [-0.3, -0.25) is 19.3 Å². The van der Waals surface area contributed by atoms with Crippen LogP contribution in [0.4, 0.5) is 5.69 Å². The number of hydrogen-bond acceptors (Lipinski definition) is 6. The number of nitrogens with two attached hydrogens (primary N) is 1. The van der Waals surface area contributed by atoms with Crippen LogP contribution >= 0.6 is 12.2 Å². The molecule has 10 heteroatoms. The van der Waals surface area contributed by atoms with Crippen molar-refractivity contribution < 1.29 is 19.1 Å². The number of likely N-dealkylation sites (tertiary alicyclic amines) is 1. The molecule has 9 nitrogen and oxygen atoms in total. The second-order valence-corrected chi connectivity index (χ2v) is 10.7. The number of nitrogens with zero attached hydrogens (tertiary/aromatic N) is 3. The second-order valence-electron chi connectivity index (χ2n) is 10.3. The van der Waals surface area contributed by atoms with Crippen molar-refractivity contribution in [2.24, 2.45) is 11.7 Å². The minimum absolute atomic E-state index is 0.0119. The van der Waals surface area contributed by atoms with E-state index in [2.05, 4.69) is 10.2 Å². The molecule has 0 radical (unpaired) electrons. The molecule has 4 rings (SSSR count). The van der Waals surface area contributed by atoms with Gasteiger partial charge in [0.2, 0.25) is 11.8 Å². The fraction of sp³-hybridized carbons (Fsp3) is 0.467. The number of anilines is 1. The highest BCUT2D eigenvalue weighted by molar-refractivity contribution is 7.80. The average Bonchev–Trinajstić information content (AvgIpc) is 3.17. The van der Waals surface area contributed by atoms with Gasteiger partial charge in [0.25, 0.3) is 5.91 Å². The van der Waals surface area contributed by atoms with Crippen molar-refractivity contribution in [3.05, 3.63) is 60.2 Å². The number of carbonyl (C=O) groups is 3. The van der Waals surface area contributed by atoms with Crippen LogP contribution in [0.25, 0.3) is 0 Å². The smallest absolute Gasteiger partial charge is 0.252 e. The van der Waals surface area contributed by atoms with E-state index < -0.39 is 6.04 Å². The summed E-state index contributed by atoms with van der Waals surface area (Å²) in [6, 6.07) is 16.5. The number of nitrogens with one attached hydrogen (secondary N) is 1. The molecule has 3 amide bonds. The first-order valence-electron chi connectivity index (χ1n) is 14.1. The molecule has 0 unspecified atom stereocenters. The Morgan fingerprint density at radius 3 is 2.38 bits per heavy atom. The van der Waals surface area contributed by atoms with E-state index in [4.69, 9.17) is 22.7 Å². The molecule has 214 valence electrons. The van der Waals surface area contributed by atoms with Gasteiger partial charge in [-0.15, -0.1) is 0 Å². The van der Waals surface area contributed by atoms with Gasteiger partial charge < -0.3 is 25.6 Å². The van der Waals surface area contributed by atoms with E-state index in [-0.39, 0.29) is 30.1 Å². The Morgan fingerprint density at radius 2 is 1.73 bits per heavy atom. The Bertz CT molecular complexity index is 1170. The van der Waals surface area contributed by atoms with Crippen molar-refractivity contribution >= 4 is 40.7 Å². The molecule has 2 fully saturated rings. The van der Waals surface area contributed by atoms with E-state index in [9.17, 15) is 14.4 Å². The summed E-state index contributed by atoms with van der Waals surface area (Å²) >= 11 is 5.79. The van der Waals surface area contributed by atoms with Gasteiger partial charge in [0.1, 0.15) is 11.8 Å². The number of benzene rings is 2. The lowest BCUT2D eigenvalue weighted by Crippen LogP contribution is -2.41. The molecule has 3 N–H and O–H groups in total. The van der Waals surface area contributed by atoms with Crippen molar-refractivity contribution in [1.82, 2.24) is 14.7 Å². The highest BCUT2D eigenvalue weighted by Gasteiger charge is 2.42. The van der Waals surface area contributed by atoms with Gasteiger partial charge in [-0.05, 0) is 94.3 Å². The summed E-state index contributed by atoms with van der Waals surface area (Å²) < 4.78 is 5.47. The highest BCUT2D eigenvalue weighted by atomic mass is 32.1. The SMILES string of the molecule is CCOc1ccc(NC(=O)C[C@@H]2C(=O)N(CCc3ccccc3)C(=S)N2CCCN2CCC(C(N)=O)CC2)cc1. The lowest BCUT2D eigenvalue weighted by molar-refractivity contribution is -0.130. The summed E-state index contributed by atoms with van der Waals surface area (Å²) in [6.07, 6.45) is 3.03. The number of amides is 3. The molecule has 2 heterocycles. The van der Waals surface area contributed by atoms with Crippen molar-refractivity contribution in [3.63, 3.8) is 0 Å². The summed E-state index contributed by atoms with van der Waals surface area (Å²) in [7, 11) is 0. The maximum absolute atomic E-state index is 13.6. The van der Waals surface area contributed by atoms with Gasteiger partial charge in [-0.1, -0.05) is 30.3 Å². The molecule has 0 saturated carbocycles. The summed E-state index contributed by atoms with van der Waals surface area (Å²) in [5, 5.41) is 3.39. The zero-order chi connectivity index (χ0) is 28.5. The van der Waals surface area contributed by atoms with Crippen LogP contribution in [0.2, 0.25) is 0 Å². The standard InChI is InChI=1S/C30H39N5O4S/c1-2-39-25-11-9-24(10-12-25)32-27(36)21-26-29(38)35(20-13-22-7-4-3-5-8-22)30(40)34(26)17-6-16-33-18-14-23(15-19-33)28(31)37/h3-5,7-12,23,26H,2,6,13-21H2,1H3,(H2,31,37)(H,32,36)/t26-/m1/s1. The molecule has 2 saturated heterocycles. The number of carbonyl (C=O) groups excluding carboxylic acids is 3. The minimum atomic E-state index is -0.647. The van der Waals surface area contributed by atoms with E-state index in [0.717, 1.165) is 50.2 Å². The number of ether oxygens (including phenoxy) is 1. The molecular weight excluding hydrogens is 526 g/mol. The number of rotatable bonds is 13. The third-order valence-electron chi connectivity index (χ3n) is 7.56. The predicted octanol–water partition coefficient (Wildman–Crippen LogP) is 3.04. The molecule has 0 bridgehead atoms. The lowest BCUT2D eigenvalue weighted by Gasteiger charge is -2.31. The van der Waals surface area contributed by atoms with Crippen LogP contribution in [0.5, 0.6) is 5.75 Å². The first kappa shape index (κ1) is 29.5. The Hall–Kier alpha value is -3.50. The first-order valence-corrected chi connectivity index (χ1v) is 14.5. The molecule has 2 aliphatic heterocycles. The Kier molecular flexibility index (Phi) is 10.5. The molecule has 0 aromatic heterocycles. The molecule has 0 aliphatic carbocycles. The van der Waals surface area contributed by atoms with Crippen molar-refractivity contribution in [2.45, 2.75) is 45.1 Å². The minimum Gasteiger partial charge on any atom is -0.494 e. The summed E-state index contributed by atoms with van der Waals surface area (Å²) in [5.74, 6) is 0.0914. The Balaban J connectivity index is 1.38. The quantitative estimate of drug-likeness (QED) is 0.360. The van der Waals surface area contributed by atoms with Crippen LogP contribution in [-0.2, 0) is 20.8 Å². The summed E-state index contributed by atoms with van der Waals surface area (Å²) in [5.41, 5.74) is 7.24. The van der Waals surface area contributed by atoms with Gasteiger partial charge in [-0.25, -0.2) is 0 Å². The maximum Gasteiger partial charge on any atom is 0.252 e. The van der Waals surface area contributed by atoms with E-state index in [1.165, 1.54) is 0 Å². The number of thiocarbonyl (C=S) groups is 1. The van der Waals surface area contributed by atoms with E-state index in [0.29, 0.717) is 36.9 Å². The van der Waals surface area contributed by atoms with Crippen LogP contribution in [0, 0.1) is 5.92 Å². The Morgan fingerprint density at radius 1 is 1.02 bits per heavy atom. The second kappa shape index (κ2) is 14.2. The number of primary amides is 1. The highest BCUT2D eigenvalue weighted by Crippen LogP contribution is 2.24. The maximum atomic E-state index is 13.6. The average molecular weight is 566 g/mol. The third-order valence-corrected chi connectivity index (χ3v) is 8.02. The monoisotopic (exact) mass is 565 g/mol. The van der Waals surface area contributed by atoms with Crippen LogP contribution in [0.3, 0.4) is 0 Å². The molecule has 2 aromatic rings. The van der Waals surface area contributed by atoms with Crippen LogP contribution in [0.1, 0.15) is 38.2 Å². The van der Waals surface area contributed by atoms with Crippen molar-refractivity contribution in [2.75, 3.05) is 44.6 Å². The predicted molar refractivity (Wildman–Crippen MR) is 159 cm³/mol. The third kappa shape index (κ3) is 7.79. The van der Waals surface area contributed by atoms with Gasteiger partial charge in [0, 0.05) is 24.7 Å². The first-order chi connectivity index (χ1) is 19.4. The molecular formula is C30H39N5O4S. The van der Waals surface area contributed by atoms with Crippen molar-refractivity contribution in [1.29, 1.82) is 0 Å². The van der Waals surface area contributed by atoms with Crippen LogP contribution in [0.15, 0.2) is 54.6 Å². The topological polar surface area (TPSA) is 108 Å². The lowest BCUT2D eigenvalue weighted by atomic mass is 9.96. The van der Waals surface area contributed by atoms with E-state index in [1.54, 1.807) is 29.2 Å². The normalized spacial score (nSPS) is 18.3. The molecule has 1 atom stereocenters. The fourth-order valence-corrected chi connectivity index (χ4v) is 5.73. The van der Waals surface area contributed by atoms with E-state index in [1.807, 2.05) is 42.2 Å². The molecule has 2 aliphatic rings. The van der Waals surface area contributed by atoms with Crippen LogP contribution < -0.4 is 15.8 Å². The largest absolute Gasteiger partial charge is 0.494 e. The number of piperidine rings is 1. The fourth-order valence-electron chi connectivity index (χ4n) is 5.33. The zero-order valence-corrected chi connectivity index (χ0v) is 23.9. The zero-order valence-electron chi connectivity index (χ0n) is 23.1. The van der Waals surface area contributed by atoms with Crippen LogP contribution in [-0.4, -0.2) is 82.9 Å². The summed E-state index contributed by atoms with van der Waals surface area (Å²) in [6.45, 7) is 6.01. The Labute approximate surface area is 241 Å². The van der Waals surface area contributed by atoms with Gasteiger partial charge in [-0.2, -0.15) is 0 Å².